The Labute approximate surface area is 72.6 Å². The molecule has 0 saturated heterocycles. The average molecular weight is 167 g/mol. The second-order valence-electron chi connectivity index (χ2n) is 2.83. The summed E-state index contributed by atoms with van der Waals surface area (Å²) >= 11 is 0. The molecule has 1 atom stereocenters. The molecule has 66 valence electrons. The van der Waals surface area contributed by atoms with Gasteiger partial charge in [-0.05, 0) is 19.0 Å². The summed E-state index contributed by atoms with van der Waals surface area (Å²) in [5.41, 5.74) is 1.18. The molecule has 0 aliphatic rings. The summed E-state index contributed by atoms with van der Waals surface area (Å²) in [6, 6.07) is 9.89. The van der Waals surface area contributed by atoms with Gasteiger partial charge in [-0.2, -0.15) is 0 Å². The van der Waals surface area contributed by atoms with Gasteiger partial charge < -0.3 is 5.32 Å². The molecule has 0 aromatic heterocycles. The fraction of sp³-hybridized carbons (Fsp3) is 0.400. The first-order valence-corrected chi connectivity index (χ1v) is 4.14. The Morgan fingerprint density at radius 1 is 1.33 bits per heavy atom. The predicted octanol–water partition coefficient (Wildman–Crippen LogP) is 1.79. The number of hydrogen-bond acceptors (Lipinski definition) is 1. The topological polar surface area (TPSA) is 12.0 Å². The van der Waals surface area contributed by atoms with Crippen molar-refractivity contribution in [1.29, 1.82) is 0 Å². The molecule has 0 aliphatic heterocycles. The van der Waals surface area contributed by atoms with Gasteiger partial charge in [0.1, 0.15) is 6.67 Å². The summed E-state index contributed by atoms with van der Waals surface area (Å²) in [6.45, 7) is -0.314. The Kier molecular flexibility index (Phi) is 3.74. The highest BCUT2D eigenvalue weighted by atomic mass is 19.1. The lowest BCUT2D eigenvalue weighted by atomic mass is 10.1. The number of nitrogens with one attached hydrogen (secondary N) is 1. The fourth-order valence-electron chi connectivity index (χ4n) is 1.13. The summed E-state index contributed by atoms with van der Waals surface area (Å²) in [5.74, 6) is 0. The van der Waals surface area contributed by atoms with Crippen molar-refractivity contribution in [3.63, 3.8) is 0 Å². The van der Waals surface area contributed by atoms with Gasteiger partial charge in [0.25, 0.3) is 0 Å². The Morgan fingerprint density at radius 3 is 2.50 bits per heavy atom. The van der Waals surface area contributed by atoms with E-state index in [1.165, 1.54) is 5.56 Å². The van der Waals surface area contributed by atoms with Gasteiger partial charge in [-0.1, -0.05) is 30.3 Å². The van der Waals surface area contributed by atoms with Crippen molar-refractivity contribution in [1.82, 2.24) is 5.32 Å². The van der Waals surface area contributed by atoms with E-state index >= 15 is 0 Å². The molecule has 0 heterocycles. The first-order valence-electron chi connectivity index (χ1n) is 4.14. The van der Waals surface area contributed by atoms with Crippen molar-refractivity contribution in [2.45, 2.75) is 12.5 Å². The van der Waals surface area contributed by atoms with Gasteiger partial charge >= 0.3 is 0 Å². The van der Waals surface area contributed by atoms with Gasteiger partial charge in [-0.25, -0.2) is 4.39 Å². The molecular weight excluding hydrogens is 153 g/mol. The largest absolute Gasteiger partial charge is 0.314 e. The van der Waals surface area contributed by atoms with Crippen LogP contribution in [0.2, 0.25) is 0 Å². The molecule has 0 unspecified atom stereocenters. The minimum Gasteiger partial charge on any atom is -0.314 e. The van der Waals surface area contributed by atoms with Gasteiger partial charge in [0.2, 0.25) is 0 Å². The minimum absolute atomic E-state index is 0.0487. The van der Waals surface area contributed by atoms with Crippen LogP contribution in [0.4, 0.5) is 4.39 Å². The van der Waals surface area contributed by atoms with E-state index in [0.717, 1.165) is 6.42 Å². The molecule has 0 fully saturated rings. The first-order chi connectivity index (χ1) is 5.86. The molecule has 0 amide bonds. The molecule has 1 aromatic carbocycles. The SMILES string of the molecule is CN[C@H](CF)Cc1ccccc1. The van der Waals surface area contributed by atoms with Crippen LogP contribution < -0.4 is 5.32 Å². The maximum atomic E-state index is 12.3. The lowest BCUT2D eigenvalue weighted by Gasteiger charge is -2.11. The van der Waals surface area contributed by atoms with Crippen LogP contribution in [-0.2, 0) is 6.42 Å². The molecule has 0 bridgehead atoms. The number of halogens is 1. The average Bonchev–Trinajstić information content (AvgIpc) is 2.16. The van der Waals surface area contributed by atoms with Crippen LogP contribution in [0.1, 0.15) is 5.56 Å². The van der Waals surface area contributed by atoms with Crippen molar-refractivity contribution in [3.05, 3.63) is 35.9 Å². The monoisotopic (exact) mass is 167 g/mol. The molecule has 2 heteroatoms. The molecule has 0 saturated carbocycles. The summed E-state index contributed by atoms with van der Waals surface area (Å²) in [5, 5.41) is 2.93. The lowest BCUT2D eigenvalue weighted by Crippen LogP contribution is -2.29. The third kappa shape index (κ3) is 2.62. The van der Waals surface area contributed by atoms with Crippen LogP contribution in [-0.4, -0.2) is 19.8 Å². The second kappa shape index (κ2) is 4.88. The van der Waals surface area contributed by atoms with Crippen molar-refractivity contribution in [2.75, 3.05) is 13.7 Å². The van der Waals surface area contributed by atoms with E-state index in [1.807, 2.05) is 30.3 Å². The third-order valence-electron chi connectivity index (χ3n) is 1.92. The van der Waals surface area contributed by atoms with Crippen LogP contribution in [0.5, 0.6) is 0 Å². The van der Waals surface area contributed by atoms with Gasteiger partial charge in [-0.15, -0.1) is 0 Å². The highest BCUT2D eigenvalue weighted by Gasteiger charge is 2.04. The number of rotatable bonds is 4. The summed E-state index contributed by atoms with van der Waals surface area (Å²) in [6.07, 6.45) is 0.758. The summed E-state index contributed by atoms with van der Waals surface area (Å²) in [4.78, 5) is 0. The van der Waals surface area contributed by atoms with Crippen molar-refractivity contribution >= 4 is 0 Å². The lowest BCUT2D eigenvalue weighted by molar-refractivity contribution is 0.389. The highest BCUT2D eigenvalue weighted by molar-refractivity contribution is 5.15. The molecule has 1 aromatic rings. The smallest absolute Gasteiger partial charge is 0.105 e. The molecular formula is C10H14FN. The van der Waals surface area contributed by atoms with E-state index in [1.54, 1.807) is 7.05 Å². The van der Waals surface area contributed by atoms with Crippen LogP contribution in [0, 0.1) is 0 Å². The molecule has 0 radical (unpaired) electrons. The van der Waals surface area contributed by atoms with Crippen LogP contribution in [0.15, 0.2) is 30.3 Å². The van der Waals surface area contributed by atoms with Crippen molar-refractivity contribution < 1.29 is 4.39 Å². The predicted molar refractivity (Wildman–Crippen MR) is 49.0 cm³/mol. The van der Waals surface area contributed by atoms with E-state index in [2.05, 4.69) is 5.32 Å². The third-order valence-corrected chi connectivity index (χ3v) is 1.92. The van der Waals surface area contributed by atoms with E-state index in [9.17, 15) is 4.39 Å². The van der Waals surface area contributed by atoms with E-state index in [4.69, 9.17) is 0 Å². The number of likely N-dealkylation sites (N-methyl/N-ethyl adjacent to an activating group) is 1. The zero-order valence-electron chi connectivity index (χ0n) is 7.26. The Morgan fingerprint density at radius 2 is 2.00 bits per heavy atom. The maximum Gasteiger partial charge on any atom is 0.105 e. The normalized spacial score (nSPS) is 12.8. The van der Waals surface area contributed by atoms with Crippen molar-refractivity contribution in [2.24, 2.45) is 0 Å². The zero-order chi connectivity index (χ0) is 8.81. The quantitative estimate of drug-likeness (QED) is 0.720. The van der Waals surface area contributed by atoms with Gasteiger partial charge in [0, 0.05) is 6.04 Å². The number of hydrogen-bond donors (Lipinski definition) is 1. The standard InChI is InChI=1S/C10H14FN/c1-12-10(8-11)7-9-5-3-2-4-6-9/h2-6,10,12H,7-8H2,1H3/t10-/m0/s1. The van der Waals surface area contributed by atoms with Gasteiger partial charge in [0.05, 0.1) is 0 Å². The zero-order valence-corrected chi connectivity index (χ0v) is 7.26. The Hall–Kier alpha value is -0.890. The van der Waals surface area contributed by atoms with Crippen molar-refractivity contribution in [3.8, 4) is 0 Å². The molecule has 0 spiro atoms. The Balaban J connectivity index is 2.51. The number of alkyl halides is 1. The molecule has 1 nitrogen and oxygen atoms in total. The van der Waals surface area contributed by atoms with Gasteiger partial charge in [-0.3, -0.25) is 0 Å². The maximum absolute atomic E-state index is 12.3. The molecule has 1 N–H and O–H groups in total. The van der Waals surface area contributed by atoms with Crippen LogP contribution >= 0.6 is 0 Å². The van der Waals surface area contributed by atoms with Crippen LogP contribution in [0.25, 0.3) is 0 Å². The van der Waals surface area contributed by atoms with Crippen LogP contribution in [0.3, 0.4) is 0 Å². The van der Waals surface area contributed by atoms with E-state index in [0.29, 0.717) is 0 Å². The molecule has 0 aliphatic carbocycles. The fourth-order valence-corrected chi connectivity index (χ4v) is 1.13. The number of benzene rings is 1. The molecule has 1 rings (SSSR count). The van der Waals surface area contributed by atoms with E-state index in [-0.39, 0.29) is 12.7 Å². The summed E-state index contributed by atoms with van der Waals surface area (Å²) < 4.78 is 12.3. The van der Waals surface area contributed by atoms with E-state index < -0.39 is 0 Å². The molecule has 12 heavy (non-hydrogen) atoms. The minimum atomic E-state index is -0.314. The first kappa shape index (κ1) is 9.20. The highest BCUT2D eigenvalue weighted by Crippen LogP contribution is 2.02. The summed E-state index contributed by atoms with van der Waals surface area (Å²) in [7, 11) is 1.78. The Bertz CT molecular complexity index is 206. The van der Waals surface area contributed by atoms with Gasteiger partial charge in [0.15, 0.2) is 0 Å². The second-order valence-corrected chi connectivity index (χ2v) is 2.83.